The minimum Gasteiger partial charge on any atom is -0.493 e. The molecule has 0 aliphatic heterocycles. The van der Waals surface area contributed by atoms with Crippen molar-refractivity contribution >= 4 is 23.6 Å². The number of nitrogens with one attached hydrogen (secondary N) is 1. The molecule has 1 N–H and O–H groups in total. The first-order valence-corrected chi connectivity index (χ1v) is 10.4. The summed E-state index contributed by atoms with van der Waals surface area (Å²) in [6.45, 7) is 8.51. The third-order valence-electron chi connectivity index (χ3n) is 4.30. The Balaban J connectivity index is 1.95. The molecule has 0 saturated carbocycles. The number of methoxy groups -OCH3 is 1. The van der Waals surface area contributed by atoms with E-state index in [2.05, 4.69) is 19.2 Å². The highest BCUT2D eigenvalue weighted by Crippen LogP contribution is 2.29. The molecule has 2 rings (SSSR count). The SMILES string of the molecule is COc1cc(/C=C/C(=O)Nc2ccc(C(=O)OC(C)C)cc2)ccc1OCCC(C)C. The highest BCUT2D eigenvalue weighted by atomic mass is 16.5. The van der Waals surface area contributed by atoms with E-state index in [1.807, 2.05) is 18.2 Å². The monoisotopic (exact) mass is 425 g/mol. The number of amides is 1. The molecule has 0 heterocycles. The van der Waals surface area contributed by atoms with E-state index in [0.717, 1.165) is 12.0 Å². The molecule has 2 aromatic carbocycles. The molecule has 0 unspecified atom stereocenters. The lowest BCUT2D eigenvalue weighted by molar-refractivity contribution is -0.111. The zero-order chi connectivity index (χ0) is 22.8. The van der Waals surface area contributed by atoms with Gasteiger partial charge in [0.25, 0.3) is 0 Å². The quantitative estimate of drug-likeness (QED) is 0.411. The van der Waals surface area contributed by atoms with Gasteiger partial charge < -0.3 is 19.5 Å². The number of rotatable bonds is 10. The van der Waals surface area contributed by atoms with Crippen LogP contribution in [0, 0.1) is 5.92 Å². The van der Waals surface area contributed by atoms with E-state index in [1.165, 1.54) is 6.08 Å². The molecule has 1 amide bonds. The lowest BCUT2D eigenvalue weighted by atomic mass is 10.1. The third-order valence-corrected chi connectivity index (χ3v) is 4.30. The molecular formula is C25H31NO5. The molecule has 0 aliphatic rings. The number of anilines is 1. The maximum Gasteiger partial charge on any atom is 0.338 e. The van der Waals surface area contributed by atoms with E-state index in [9.17, 15) is 9.59 Å². The van der Waals surface area contributed by atoms with Crippen molar-refractivity contribution in [3.63, 3.8) is 0 Å². The van der Waals surface area contributed by atoms with Crippen LogP contribution in [0.1, 0.15) is 50.0 Å². The molecule has 0 bridgehead atoms. The van der Waals surface area contributed by atoms with Crippen molar-refractivity contribution in [3.8, 4) is 11.5 Å². The summed E-state index contributed by atoms with van der Waals surface area (Å²) in [4.78, 5) is 24.1. The maximum atomic E-state index is 12.2. The van der Waals surface area contributed by atoms with Crippen molar-refractivity contribution in [1.29, 1.82) is 0 Å². The first-order chi connectivity index (χ1) is 14.8. The molecule has 166 valence electrons. The summed E-state index contributed by atoms with van der Waals surface area (Å²) in [5.74, 6) is 1.19. The first kappa shape index (κ1) is 24.0. The fourth-order valence-corrected chi connectivity index (χ4v) is 2.64. The van der Waals surface area contributed by atoms with E-state index in [4.69, 9.17) is 14.2 Å². The molecule has 0 atom stereocenters. The molecule has 0 aromatic heterocycles. The number of esters is 1. The molecule has 6 heteroatoms. The van der Waals surface area contributed by atoms with Gasteiger partial charge in [-0.3, -0.25) is 4.79 Å². The van der Waals surface area contributed by atoms with Crippen LogP contribution in [-0.2, 0) is 9.53 Å². The molecule has 0 aliphatic carbocycles. The van der Waals surface area contributed by atoms with Crippen LogP contribution in [0.15, 0.2) is 48.5 Å². The van der Waals surface area contributed by atoms with E-state index in [-0.39, 0.29) is 12.0 Å². The van der Waals surface area contributed by atoms with Crippen LogP contribution in [0.5, 0.6) is 11.5 Å². The highest BCUT2D eigenvalue weighted by Gasteiger charge is 2.09. The fourth-order valence-electron chi connectivity index (χ4n) is 2.64. The standard InChI is InChI=1S/C25H31NO5/c1-17(2)14-15-30-22-12-6-19(16-23(22)29-5)7-13-24(27)26-21-10-8-20(9-11-21)25(28)31-18(3)4/h6-13,16-18H,14-15H2,1-5H3,(H,26,27)/b13-7+. The predicted octanol–water partition coefficient (Wildman–Crippen LogP) is 5.34. The van der Waals surface area contributed by atoms with Gasteiger partial charge in [-0.1, -0.05) is 19.9 Å². The van der Waals surface area contributed by atoms with Crippen LogP contribution in [0.4, 0.5) is 5.69 Å². The number of hydrogen-bond donors (Lipinski definition) is 1. The van der Waals surface area contributed by atoms with E-state index in [1.54, 1.807) is 51.3 Å². The van der Waals surface area contributed by atoms with Crippen LogP contribution >= 0.6 is 0 Å². The predicted molar refractivity (Wildman–Crippen MR) is 123 cm³/mol. The van der Waals surface area contributed by atoms with Gasteiger partial charge in [0, 0.05) is 11.8 Å². The summed E-state index contributed by atoms with van der Waals surface area (Å²) >= 11 is 0. The van der Waals surface area contributed by atoms with Gasteiger partial charge in [0.2, 0.25) is 5.91 Å². The Morgan fingerprint density at radius 1 is 1.00 bits per heavy atom. The van der Waals surface area contributed by atoms with Crippen LogP contribution in [0.2, 0.25) is 0 Å². The maximum absolute atomic E-state index is 12.2. The zero-order valence-electron chi connectivity index (χ0n) is 18.8. The second kappa shape index (κ2) is 11.8. The average Bonchev–Trinajstić information content (AvgIpc) is 2.72. The smallest absolute Gasteiger partial charge is 0.338 e. The highest BCUT2D eigenvalue weighted by molar-refractivity contribution is 6.02. The summed E-state index contributed by atoms with van der Waals surface area (Å²) in [7, 11) is 1.59. The molecule has 2 aromatic rings. The second-order valence-electron chi connectivity index (χ2n) is 7.80. The largest absolute Gasteiger partial charge is 0.493 e. The molecular weight excluding hydrogens is 394 g/mol. The summed E-state index contributed by atoms with van der Waals surface area (Å²) in [5.41, 5.74) is 1.84. The molecule has 0 saturated heterocycles. The van der Waals surface area contributed by atoms with Crippen molar-refractivity contribution in [3.05, 3.63) is 59.7 Å². The molecule has 6 nitrogen and oxygen atoms in total. The average molecular weight is 426 g/mol. The number of benzene rings is 2. The third kappa shape index (κ3) is 8.16. The fraction of sp³-hybridized carbons (Fsp3) is 0.360. The van der Waals surface area contributed by atoms with Gasteiger partial charge in [-0.2, -0.15) is 0 Å². The second-order valence-corrected chi connectivity index (χ2v) is 7.80. The van der Waals surface area contributed by atoms with Crippen LogP contribution < -0.4 is 14.8 Å². The van der Waals surface area contributed by atoms with Crippen LogP contribution in [0.3, 0.4) is 0 Å². The molecule has 0 radical (unpaired) electrons. The topological polar surface area (TPSA) is 73.9 Å². The summed E-state index contributed by atoms with van der Waals surface area (Å²) in [6, 6.07) is 12.1. The summed E-state index contributed by atoms with van der Waals surface area (Å²) < 4.78 is 16.3. The Morgan fingerprint density at radius 2 is 1.71 bits per heavy atom. The van der Waals surface area contributed by atoms with Gasteiger partial charge in [-0.05, 0) is 74.2 Å². The lowest BCUT2D eigenvalue weighted by Crippen LogP contribution is -2.12. The minimum atomic E-state index is -0.390. The van der Waals surface area contributed by atoms with Gasteiger partial charge in [0.15, 0.2) is 11.5 Å². The van der Waals surface area contributed by atoms with Crippen molar-refractivity contribution in [2.45, 2.75) is 40.2 Å². The van der Waals surface area contributed by atoms with Gasteiger partial charge in [0.05, 0.1) is 25.4 Å². The lowest BCUT2D eigenvalue weighted by Gasteiger charge is -2.12. The first-order valence-electron chi connectivity index (χ1n) is 10.4. The summed E-state index contributed by atoms with van der Waals surface area (Å²) in [5, 5.41) is 2.76. The van der Waals surface area contributed by atoms with Gasteiger partial charge in [0.1, 0.15) is 0 Å². The van der Waals surface area contributed by atoms with Gasteiger partial charge >= 0.3 is 5.97 Å². The number of ether oxygens (including phenoxy) is 3. The van der Waals surface area contributed by atoms with E-state index in [0.29, 0.717) is 35.3 Å². The number of carbonyl (C=O) groups is 2. The van der Waals surface area contributed by atoms with E-state index < -0.39 is 5.97 Å². The zero-order valence-corrected chi connectivity index (χ0v) is 18.8. The Kier molecular flexibility index (Phi) is 9.13. The van der Waals surface area contributed by atoms with Gasteiger partial charge in [-0.15, -0.1) is 0 Å². The Morgan fingerprint density at radius 3 is 2.32 bits per heavy atom. The van der Waals surface area contributed by atoms with Crippen molar-refractivity contribution in [2.75, 3.05) is 19.0 Å². The Labute approximate surface area is 184 Å². The van der Waals surface area contributed by atoms with Crippen molar-refractivity contribution in [1.82, 2.24) is 0 Å². The molecule has 31 heavy (non-hydrogen) atoms. The Hall–Kier alpha value is -3.28. The molecule has 0 fully saturated rings. The van der Waals surface area contributed by atoms with Crippen LogP contribution in [-0.4, -0.2) is 31.7 Å². The minimum absolute atomic E-state index is 0.184. The Bertz CT molecular complexity index is 901. The molecule has 0 spiro atoms. The van der Waals surface area contributed by atoms with Gasteiger partial charge in [-0.25, -0.2) is 4.79 Å². The van der Waals surface area contributed by atoms with Crippen LogP contribution in [0.25, 0.3) is 6.08 Å². The normalized spacial score (nSPS) is 11.1. The van der Waals surface area contributed by atoms with Crippen molar-refractivity contribution in [2.24, 2.45) is 5.92 Å². The summed E-state index contributed by atoms with van der Waals surface area (Å²) in [6.07, 6.45) is 3.92. The number of carbonyl (C=O) groups excluding carboxylic acids is 2. The number of hydrogen-bond acceptors (Lipinski definition) is 5. The van der Waals surface area contributed by atoms with E-state index >= 15 is 0 Å². The van der Waals surface area contributed by atoms with Crippen molar-refractivity contribution < 1.29 is 23.8 Å².